The van der Waals surface area contributed by atoms with Crippen LogP contribution in [0.15, 0.2) is 24.3 Å². The Morgan fingerprint density at radius 1 is 1.33 bits per heavy atom. The lowest BCUT2D eigenvalue weighted by Crippen LogP contribution is -2.54. The van der Waals surface area contributed by atoms with Crippen molar-refractivity contribution in [3.63, 3.8) is 0 Å². The van der Waals surface area contributed by atoms with Crippen LogP contribution in [0.5, 0.6) is 0 Å². The zero-order valence-corrected chi connectivity index (χ0v) is 11.9. The quantitative estimate of drug-likeness (QED) is 0.846. The van der Waals surface area contributed by atoms with Crippen molar-refractivity contribution in [3.8, 4) is 0 Å². The Morgan fingerprint density at radius 2 is 2.10 bits per heavy atom. The van der Waals surface area contributed by atoms with Gasteiger partial charge in [0.15, 0.2) is 6.61 Å². The normalized spacial score (nSPS) is 18.7. The van der Waals surface area contributed by atoms with E-state index >= 15 is 0 Å². The second-order valence-electron chi connectivity index (χ2n) is 5.15. The molecule has 0 N–H and O–H groups in total. The van der Waals surface area contributed by atoms with E-state index in [-0.39, 0.29) is 24.3 Å². The second-order valence-corrected chi connectivity index (χ2v) is 5.58. The summed E-state index contributed by atoms with van der Waals surface area (Å²) in [5.74, 6) is -0.313. The van der Waals surface area contributed by atoms with Crippen LogP contribution in [0.25, 0.3) is 0 Å². The highest BCUT2D eigenvalue weighted by Gasteiger charge is 2.38. The Bertz CT molecular complexity index is 597. The van der Waals surface area contributed by atoms with Crippen LogP contribution in [0.2, 0.25) is 5.02 Å². The van der Waals surface area contributed by atoms with Gasteiger partial charge in [0.05, 0.1) is 0 Å². The number of amides is 3. The first-order valence-electron chi connectivity index (χ1n) is 6.56. The van der Waals surface area contributed by atoms with Crippen LogP contribution in [0.1, 0.15) is 10.4 Å². The Balaban J connectivity index is 1.55. The average Bonchev–Trinajstić information content (AvgIpc) is 2.72. The first kappa shape index (κ1) is 13.9. The summed E-state index contributed by atoms with van der Waals surface area (Å²) in [4.78, 5) is 37.7. The van der Waals surface area contributed by atoms with E-state index in [1.807, 2.05) is 0 Å². The highest BCUT2D eigenvalue weighted by atomic mass is 35.5. The van der Waals surface area contributed by atoms with E-state index in [0.29, 0.717) is 30.2 Å². The Hall–Kier alpha value is -2.08. The maximum absolute atomic E-state index is 12.2. The number of nitrogens with zero attached hydrogens (tertiary/aromatic N) is 2. The van der Waals surface area contributed by atoms with Gasteiger partial charge in [0.25, 0.3) is 11.8 Å². The van der Waals surface area contributed by atoms with Gasteiger partial charge in [-0.3, -0.25) is 9.59 Å². The summed E-state index contributed by atoms with van der Waals surface area (Å²) in [7, 11) is 0. The van der Waals surface area contributed by atoms with Gasteiger partial charge in [-0.05, 0) is 18.2 Å². The molecule has 0 atom stereocenters. The minimum Gasteiger partial charge on any atom is -0.439 e. The molecule has 1 aromatic carbocycles. The summed E-state index contributed by atoms with van der Waals surface area (Å²) in [5, 5.41) is 0.517. The van der Waals surface area contributed by atoms with Gasteiger partial charge in [-0.1, -0.05) is 17.7 Å². The third-order valence-electron chi connectivity index (χ3n) is 3.60. The Morgan fingerprint density at radius 3 is 2.71 bits per heavy atom. The van der Waals surface area contributed by atoms with Gasteiger partial charge >= 0.3 is 6.09 Å². The van der Waals surface area contributed by atoms with Gasteiger partial charge in [-0.2, -0.15) is 0 Å². The molecule has 0 bridgehead atoms. The lowest BCUT2D eigenvalue weighted by molar-refractivity contribution is -0.126. The van der Waals surface area contributed by atoms with Gasteiger partial charge in [-0.15, -0.1) is 0 Å². The number of imide groups is 1. The summed E-state index contributed by atoms with van der Waals surface area (Å²) in [6.45, 7) is 1.15. The zero-order valence-electron chi connectivity index (χ0n) is 11.1. The van der Waals surface area contributed by atoms with Crippen molar-refractivity contribution in [1.29, 1.82) is 0 Å². The minimum atomic E-state index is -0.598. The molecular weight excluding hydrogens is 296 g/mol. The van der Waals surface area contributed by atoms with E-state index in [9.17, 15) is 14.4 Å². The molecule has 3 amide bonds. The maximum Gasteiger partial charge on any atom is 0.417 e. The molecule has 0 radical (unpaired) electrons. The lowest BCUT2D eigenvalue weighted by atomic mass is 9.98. The van der Waals surface area contributed by atoms with Crippen molar-refractivity contribution in [2.24, 2.45) is 5.92 Å². The summed E-state index contributed by atoms with van der Waals surface area (Å²) in [6.07, 6.45) is -0.598. The fourth-order valence-corrected chi connectivity index (χ4v) is 2.66. The molecule has 2 heterocycles. The Kier molecular flexibility index (Phi) is 3.55. The van der Waals surface area contributed by atoms with Gasteiger partial charge in [0.2, 0.25) is 0 Å². The van der Waals surface area contributed by atoms with E-state index < -0.39 is 6.09 Å². The number of carbonyl (C=O) groups excluding carboxylic acids is 3. The topological polar surface area (TPSA) is 66.9 Å². The number of hydrogen-bond acceptors (Lipinski definition) is 4. The van der Waals surface area contributed by atoms with Gasteiger partial charge in [0, 0.05) is 36.1 Å². The van der Waals surface area contributed by atoms with E-state index in [1.165, 1.54) is 0 Å². The first-order chi connectivity index (χ1) is 10.0. The van der Waals surface area contributed by atoms with E-state index in [2.05, 4.69) is 4.74 Å². The molecule has 1 aromatic rings. The molecule has 0 unspecified atom stereocenters. The molecule has 2 aliphatic rings. The van der Waals surface area contributed by atoms with Crippen molar-refractivity contribution < 1.29 is 19.1 Å². The number of rotatable bonds is 3. The molecule has 2 saturated heterocycles. The highest BCUT2D eigenvalue weighted by molar-refractivity contribution is 6.30. The molecule has 6 nitrogen and oxygen atoms in total. The van der Waals surface area contributed by atoms with Crippen molar-refractivity contribution >= 4 is 29.5 Å². The van der Waals surface area contributed by atoms with Crippen LogP contribution in [-0.4, -0.2) is 53.9 Å². The number of hydrogen-bond donors (Lipinski definition) is 0. The summed E-state index contributed by atoms with van der Waals surface area (Å²) >= 11 is 5.86. The summed E-state index contributed by atoms with van der Waals surface area (Å²) < 4.78 is 4.65. The van der Waals surface area contributed by atoms with Crippen LogP contribution in [0.4, 0.5) is 4.79 Å². The number of ether oxygens (including phenoxy) is 1. The number of cyclic esters (lactones) is 1. The molecule has 0 spiro atoms. The van der Waals surface area contributed by atoms with Crippen LogP contribution in [0, 0.1) is 5.92 Å². The lowest BCUT2D eigenvalue weighted by Gasteiger charge is -2.40. The first-order valence-corrected chi connectivity index (χ1v) is 6.94. The van der Waals surface area contributed by atoms with Crippen LogP contribution >= 0.6 is 11.6 Å². The largest absolute Gasteiger partial charge is 0.439 e. The smallest absolute Gasteiger partial charge is 0.417 e. The predicted octanol–water partition coefficient (Wildman–Crippen LogP) is 1.39. The third-order valence-corrected chi connectivity index (χ3v) is 3.83. The molecule has 0 aliphatic carbocycles. The zero-order chi connectivity index (χ0) is 15.0. The summed E-state index contributed by atoms with van der Waals surface area (Å²) in [6, 6.07) is 6.77. The average molecular weight is 309 g/mol. The van der Waals surface area contributed by atoms with Gasteiger partial charge in [-0.25, -0.2) is 9.69 Å². The van der Waals surface area contributed by atoms with Gasteiger partial charge < -0.3 is 9.64 Å². The minimum absolute atomic E-state index is 0.0934. The molecule has 110 valence electrons. The Labute approximate surface area is 126 Å². The molecule has 0 aromatic heterocycles. The fraction of sp³-hybridized carbons (Fsp3) is 0.357. The van der Waals surface area contributed by atoms with Crippen molar-refractivity contribution in [2.45, 2.75) is 0 Å². The predicted molar refractivity (Wildman–Crippen MR) is 73.9 cm³/mol. The SMILES string of the molecule is O=C(c1cccc(Cl)c1)N1CC(CN2C(=O)COC2=O)C1. The maximum atomic E-state index is 12.2. The molecular formula is C14H13ClN2O4. The van der Waals surface area contributed by atoms with Crippen LogP contribution in [-0.2, 0) is 9.53 Å². The number of likely N-dealkylation sites (tertiary alicyclic amines) is 1. The molecule has 7 heteroatoms. The number of carbonyl (C=O) groups is 3. The standard InChI is InChI=1S/C14H13ClN2O4/c15-11-3-1-2-10(4-11)13(19)16-5-9(6-16)7-17-12(18)8-21-14(17)20/h1-4,9H,5-8H2. The van der Waals surface area contributed by atoms with Crippen LogP contribution in [0.3, 0.4) is 0 Å². The van der Waals surface area contributed by atoms with Crippen LogP contribution < -0.4 is 0 Å². The highest BCUT2D eigenvalue weighted by Crippen LogP contribution is 2.22. The van der Waals surface area contributed by atoms with E-state index in [4.69, 9.17) is 11.6 Å². The number of benzene rings is 1. The van der Waals surface area contributed by atoms with Crippen molar-refractivity contribution in [3.05, 3.63) is 34.9 Å². The molecule has 3 rings (SSSR count). The molecule has 0 saturated carbocycles. The fourth-order valence-electron chi connectivity index (χ4n) is 2.47. The van der Waals surface area contributed by atoms with Gasteiger partial charge in [0.1, 0.15) is 0 Å². The summed E-state index contributed by atoms with van der Waals surface area (Å²) in [5.41, 5.74) is 0.539. The van der Waals surface area contributed by atoms with E-state index in [1.54, 1.807) is 29.2 Å². The van der Waals surface area contributed by atoms with Crippen molar-refractivity contribution in [2.75, 3.05) is 26.2 Å². The second kappa shape index (κ2) is 5.37. The monoisotopic (exact) mass is 308 g/mol. The molecule has 21 heavy (non-hydrogen) atoms. The van der Waals surface area contributed by atoms with Crippen molar-refractivity contribution in [1.82, 2.24) is 9.80 Å². The van der Waals surface area contributed by atoms with E-state index in [0.717, 1.165) is 4.90 Å². The molecule has 2 fully saturated rings. The number of halogens is 1. The third kappa shape index (κ3) is 2.71. The molecule has 2 aliphatic heterocycles.